The summed E-state index contributed by atoms with van der Waals surface area (Å²) in [7, 11) is -3.88. The fourth-order valence-corrected chi connectivity index (χ4v) is 1.02. The Morgan fingerprint density at radius 1 is 1.00 bits per heavy atom. The van der Waals surface area contributed by atoms with Gasteiger partial charge in [0.05, 0.1) is 6.42 Å². The summed E-state index contributed by atoms with van der Waals surface area (Å²) in [6.45, 7) is 0. The SMILES string of the molecule is CN(C)/C=C(/C=[N+](C)C)CC(F)(F)F.F[P-](F)(F)(F)(F)F. The van der Waals surface area contributed by atoms with Gasteiger partial charge in [0, 0.05) is 25.9 Å². The number of hydrogen-bond acceptors (Lipinski definition) is 1. The van der Waals surface area contributed by atoms with Gasteiger partial charge in [0.25, 0.3) is 0 Å². The van der Waals surface area contributed by atoms with E-state index in [1.807, 2.05) is 0 Å². The first-order valence-corrected chi connectivity index (χ1v) is 7.20. The van der Waals surface area contributed by atoms with Crippen LogP contribution in [0.15, 0.2) is 11.8 Å². The maximum absolute atomic E-state index is 12.1. The monoisotopic (exact) mass is 354 g/mol. The Labute approximate surface area is 115 Å². The summed E-state index contributed by atoms with van der Waals surface area (Å²) < 4.78 is 97.1. The van der Waals surface area contributed by atoms with Crippen molar-refractivity contribution in [3.05, 3.63) is 11.8 Å². The molecule has 0 N–H and O–H groups in total. The van der Waals surface area contributed by atoms with E-state index < -0.39 is 20.4 Å². The van der Waals surface area contributed by atoms with Crippen LogP contribution in [0.2, 0.25) is 0 Å². The third-order valence-electron chi connectivity index (χ3n) is 1.25. The van der Waals surface area contributed by atoms with E-state index in [-0.39, 0.29) is 5.57 Å². The molecule has 0 saturated carbocycles. The van der Waals surface area contributed by atoms with Crippen molar-refractivity contribution in [2.24, 2.45) is 0 Å². The molecule has 0 rings (SSSR count). The van der Waals surface area contributed by atoms with Gasteiger partial charge in [0.1, 0.15) is 14.1 Å². The number of hydrogen-bond donors (Lipinski definition) is 0. The van der Waals surface area contributed by atoms with Crippen molar-refractivity contribution < 1.29 is 42.9 Å². The second kappa shape index (κ2) is 6.02. The quantitative estimate of drug-likeness (QED) is 0.295. The van der Waals surface area contributed by atoms with Crippen molar-refractivity contribution in [2.45, 2.75) is 12.6 Å². The Bertz CT molecular complexity index is 386. The molecule has 12 heteroatoms. The van der Waals surface area contributed by atoms with Crippen molar-refractivity contribution >= 4 is 14.0 Å². The predicted molar refractivity (Wildman–Crippen MR) is 64.2 cm³/mol. The zero-order valence-corrected chi connectivity index (χ0v) is 12.5. The van der Waals surface area contributed by atoms with Gasteiger partial charge in [-0.05, 0) is 0 Å². The van der Waals surface area contributed by atoms with Gasteiger partial charge in [0.2, 0.25) is 0 Å². The number of allylic oxidation sites excluding steroid dienone is 1. The van der Waals surface area contributed by atoms with Crippen LogP contribution in [0.3, 0.4) is 0 Å². The first-order chi connectivity index (χ1) is 8.65. The Morgan fingerprint density at radius 3 is 1.52 bits per heavy atom. The molecule has 21 heavy (non-hydrogen) atoms. The second-order valence-corrected chi connectivity index (χ2v) is 6.43. The zero-order chi connectivity index (χ0) is 17.8. The van der Waals surface area contributed by atoms with Gasteiger partial charge >= 0.3 is 39.2 Å². The average molecular weight is 354 g/mol. The molecule has 0 aliphatic carbocycles. The molecule has 0 unspecified atom stereocenters. The summed E-state index contributed by atoms with van der Waals surface area (Å²) in [5, 5.41) is 0. The van der Waals surface area contributed by atoms with Gasteiger partial charge in [-0.15, -0.1) is 0 Å². The molecule has 130 valence electrons. The fourth-order valence-electron chi connectivity index (χ4n) is 1.02. The summed E-state index contributed by atoms with van der Waals surface area (Å²) in [6, 6.07) is 0. The third kappa shape index (κ3) is 38.1. The minimum atomic E-state index is -10.7. The van der Waals surface area contributed by atoms with Crippen molar-refractivity contribution in [1.82, 2.24) is 4.90 Å². The van der Waals surface area contributed by atoms with Gasteiger partial charge < -0.3 is 4.90 Å². The molecule has 0 atom stereocenters. The standard InChI is InChI=1S/C9H16F3N2.F6P/c1-13(2)6-8(7-14(3)4)5-9(10,11)12;1-7(2,3,4,5)6/h6-7H,5H2,1-4H3;/q+1;-1. The van der Waals surface area contributed by atoms with Crippen LogP contribution in [0, 0.1) is 0 Å². The molecular formula is C9H16F9N2P. The molecule has 0 heterocycles. The molecule has 0 bridgehead atoms. The van der Waals surface area contributed by atoms with Crippen LogP contribution in [-0.4, -0.2) is 50.1 Å². The molecule has 2 nitrogen and oxygen atoms in total. The van der Waals surface area contributed by atoms with Crippen LogP contribution in [0.4, 0.5) is 38.4 Å². The normalized spacial score (nSPS) is 16.1. The molecule has 0 spiro atoms. The molecule has 0 fully saturated rings. The van der Waals surface area contributed by atoms with Gasteiger partial charge in [-0.1, -0.05) is 0 Å². The van der Waals surface area contributed by atoms with E-state index in [9.17, 15) is 38.4 Å². The van der Waals surface area contributed by atoms with Crippen LogP contribution in [0.5, 0.6) is 0 Å². The van der Waals surface area contributed by atoms with Crippen LogP contribution in [-0.2, 0) is 0 Å². The summed E-state index contributed by atoms with van der Waals surface area (Å²) in [4.78, 5) is 1.60. The first kappa shape index (κ1) is 22.3. The van der Waals surface area contributed by atoms with Crippen molar-refractivity contribution in [3.63, 3.8) is 0 Å². The van der Waals surface area contributed by atoms with Crippen molar-refractivity contribution in [1.29, 1.82) is 0 Å². The van der Waals surface area contributed by atoms with E-state index in [0.717, 1.165) is 0 Å². The van der Waals surface area contributed by atoms with Crippen LogP contribution < -0.4 is 0 Å². The molecule has 0 radical (unpaired) electrons. The maximum atomic E-state index is 12.1. The van der Waals surface area contributed by atoms with Crippen molar-refractivity contribution in [2.75, 3.05) is 28.2 Å². The van der Waals surface area contributed by atoms with Crippen LogP contribution in [0.1, 0.15) is 6.42 Å². The van der Waals surface area contributed by atoms with E-state index in [2.05, 4.69) is 0 Å². The topological polar surface area (TPSA) is 6.25 Å². The number of nitrogens with zero attached hydrogens (tertiary/aromatic N) is 2. The predicted octanol–water partition coefficient (Wildman–Crippen LogP) is 5.11. The summed E-state index contributed by atoms with van der Waals surface area (Å²) in [6.07, 6.45) is -2.13. The second-order valence-electron chi connectivity index (χ2n) is 4.51. The number of rotatable bonds is 3. The molecule has 0 aromatic carbocycles. The summed E-state index contributed by atoms with van der Waals surface area (Å²) >= 11 is 0. The number of halogens is 9. The van der Waals surface area contributed by atoms with E-state index >= 15 is 0 Å². The molecule has 0 aromatic heterocycles. The van der Waals surface area contributed by atoms with E-state index in [4.69, 9.17) is 0 Å². The number of alkyl halides is 3. The van der Waals surface area contributed by atoms with E-state index in [0.29, 0.717) is 0 Å². The molecular weight excluding hydrogens is 338 g/mol. The Morgan fingerprint density at radius 2 is 1.33 bits per heavy atom. The van der Waals surface area contributed by atoms with Crippen LogP contribution in [0.25, 0.3) is 0 Å². The Kier molecular flexibility index (Phi) is 6.39. The molecule has 0 aliphatic rings. The van der Waals surface area contributed by atoms with Gasteiger partial charge in [0.15, 0.2) is 6.21 Å². The molecule has 0 amide bonds. The van der Waals surface area contributed by atoms with E-state index in [1.54, 1.807) is 37.7 Å². The average Bonchev–Trinajstić information content (AvgIpc) is 1.88. The Hall–Kier alpha value is -0.990. The van der Waals surface area contributed by atoms with Crippen molar-refractivity contribution in [3.8, 4) is 0 Å². The van der Waals surface area contributed by atoms with Gasteiger partial charge in [-0.3, -0.25) is 0 Å². The fraction of sp³-hybridized carbons (Fsp3) is 0.667. The first-order valence-electron chi connectivity index (χ1n) is 5.17. The zero-order valence-electron chi connectivity index (χ0n) is 11.6. The minimum absolute atomic E-state index is 0.243. The summed E-state index contributed by atoms with van der Waals surface area (Å²) in [5.41, 5.74) is 0.243. The molecule has 0 aliphatic heterocycles. The summed E-state index contributed by atoms with van der Waals surface area (Å²) in [5.74, 6) is 0. The van der Waals surface area contributed by atoms with Gasteiger partial charge in [-0.2, -0.15) is 13.2 Å². The Balaban J connectivity index is 0. The molecule has 0 saturated heterocycles. The van der Waals surface area contributed by atoms with E-state index in [1.165, 1.54) is 12.4 Å². The van der Waals surface area contributed by atoms with Gasteiger partial charge in [-0.25, -0.2) is 4.58 Å². The third-order valence-corrected chi connectivity index (χ3v) is 1.25. The molecule has 0 aromatic rings. The van der Waals surface area contributed by atoms with Crippen LogP contribution >= 0.6 is 7.81 Å².